The van der Waals surface area contributed by atoms with Crippen LogP contribution in [0.3, 0.4) is 0 Å². The fraction of sp³-hybridized carbons (Fsp3) is 0.316. The van der Waals surface area contributed by atoms with Crippen molar-refractivity contribution in [2.24, 2.45) is 0 Å². The first-order valence-corrected chi connectivity index (χ1v) is 8.71. The van der Waals surface area contributed by atoms with E-state index in [-0.39, 0.29) is 18.6 Å². The van der Waals surface area contributed by atoms with Gasteiger partial charge in [-0.15, -0.1) is 0 Å². The first-order valence-electron chi connectivity index (χ1n) is 7.92. The van der Waals surface area contributed by atoms with Crippen molar-refractivity contribution < 1.29 is 9.53 Å². The molecule has 0 heterocycles. The lowest BCUT2D eigenvalue weighted by atomic mass is 10.1. The van der Waals surface area contributed by atoms with Crippen molar-refractivity contribution in [2.75, 3.05) is 6.61 Å². The Kier molecular flexibility index (Phi) is 5.01. The number of amides is 1. The van der Waals surface area contributed by atoms with Crippen LogP contribution in [0.5, 0.6) is 5.75 Å². The van der Waals surface area contributed by atoms with E-state index in [0.29, 0.717) is 0 Å². The van der Waals surface area contributed by atoms with Crippen molar-refractivity contribution in [2.45, 2.75) is 32.2 Å². The van der Waals surface area contributed by atoms with E-state index in [0.717, 1.165) is 28.6 Å². The fourth-order valence-electron chi connectivity index (χ4n) is 2.97. The van der Waals surface area contributed by atoms with Crippen LogP contribution >= 0.6 is 15.9 Å². The van der Waals surface area contributed by atoms with Crippen LogP contribution in [0.2, 0.25) is 0 Å². The molecule has 0 radical (unpaired) electrons. The standard InChI is InChI=1S/C19H20BrNO2/c1-13(17-7-2-3-8-18(17)20)21-19(22)12-23-16-10-9-14-5-4-6-15(14)11-16/h2-3,7-11,13H,4-6,12H2,1H3,(H,21,22)/t13-/m1/s1. The summed E-state index contributed by atoms with van der Waals surface area (Å²) in [6.45, 7) is 2.00. The van der Waals surface area contributed by atoms with Crippen molar-refractivity contribution in [3.63, 3.8) is 0 Å². The second-order valence-corrected chi connectivity index (χ2v) is 6.74. The zero-order valence-corrected chi connectivity index (χ0v) is 14.7. The zero-order chi connectivity index (χ0) is 16.2. The molecule has 0 saturated carbocycles. The summed E-state index contributed by atoms with van der Waals surface area (Å²) in [6, 6.07) is 13.9. The molecule has 0 unspecified atom stereocenters. The van der Waals surface area contributed by atoms with Gasteiger partial charge in [-0.25, -0.2) is 0 Å². The van der Waals surface area contributed by atoms with Crippen LogP contribution in [0.25, 0.3) is 0 Å². The molecule has 1 aliphatic carbocycles. The van der Waals surface area contributed by atoms with Gasteiger partial charge in [-0.2, -0.15) is 0 Å². The SMILES string of the molecule is C[C@@H](NC(=O)COc1ccc2c(c1)CCC2)c1ccccc1Br. The van der Waals surface area contributed by atoms with Crippen molar-refractivity contribution in [1.29, 1.82) is 0 Å². The number of benzene rings is 2. The van der Waals surface area contributed by atoms with Crippen LogP contribution in [-0.4, -0.2) is 12.5 Å². The molecule has 1 aliphatic rings. The molecule has 2 aromatic carbocycles. The number of halogens is 1. The van der Waals surface area contributed by atoms with E-state index in [1.807, 2.05) is 37.3 Å². The molecule has 0 spiro atoms. The van der Waals surface area contributed by atoms with E-state index in [1.165, 1.54) is 17.5 Å². The van der Waals surface area contributed by atoms with E-state index in [1.54, 1.807) is 0 Å². The van der Waals surface area contributed by atoms with E-state index < -0.39 is 0 Å². The van der Waals surface area contributed by atoms with Gasteiger partial charge in [0.15, 0.2) is 6.61 Å². The number of aryl methyl sites for hydroxylation is 2. The molecule has 0 fully saturated rings. The smallest absolute Gasteiger partial charge is 0.258 e. The minimum absolute atomic E-state index is 0.0353. The molecule has 23 heavy (non-hydrogen) atoms. The maximum Gasteiger partial charge on any atom is 0.258 e. The van der Waals surface area contributed by atoms with Gasteiger partial charge in [0, 0.05) is 4.47 Å². The molecule has 1 N–H and O–H groups in total. The van der Waals surface area contributed by atoms with Crippen molar-refractivity contribution in [3.05, 3.63) is 63.6 Å². The zero-order valence-electron chi connectivity index (χ0n) is 13.1. The number of carbonyl (C=O) groups excluding carboxylic acids is 1. The van der Waals surface area contributed by atoms with Gasteiger partial charge in [0.2, 0.25) is 0 Å². The topological polar surface area (TPSA) is 38.3 Å². The average Bonchev–Trinajstić information content (AvgIpc) is 3.01. The third-order valence-corrected chi connectivity index (χ3v) is 4.91. The number of hydrogen-bond acceptors (Lipinski definition) is 2. The maximum atomic E-state index is 12.1. The molecule has 2 aromatic rings. The monoisotopic (exact) mass is 373 g/mol. The van der Waals surface area contributed by atoms with Crippen molar-refractivity contribution >= 4 is 21.8 Å². The van der Waals surface area contributed by atoms with Gasteiger partial charge >= 0.3 is 0 Å². The Balaban J connectivity index is 1.54. The Labute approximate surface area is 145 Å². The highest BCUT2D eigenvalue weighted by molar-refractivity contribution is 9.10. The summed E-state index contributed by atoms with van der Waals surface area (Å²) < 4.78 is 6.63. The summed E-state index contributed by atoms with van der Waals surface area (Å²) in [5.74, 6) is 0.656. The van der Waals surface area contributed by atoms with E-state index in [2.05, 4.69) is 33.4 Å². The highest BCUT2D eigenvalue weighted by atomic mass is 79.9. The minimum Gasteiger partial charge on any atom is -0.484 e. The predicted molar refractivity (Wildman–Crippen MR) is 94.7 cm³/mol. The summed E-state index contributed by atoms with van der Waals surface area (Å²) in [6.07, 6.45) is 3.47. The second-order valence-electron chi connectivity index (χ2n) is 5.88. The van der Waals surface area contributed by atoms with Gasteiger partial charge in [-0.3, -0.25) is 4.79 Å². The molecule has 120 valence electrons. The van der Waals surface area contributed by atoms with E-state index >= 15 is 0 Å². The first kappa shape index (κ1) is 16.1. The Hall–Kier alpha value is -1.81. The normalized spacial score (nSPS) is 14.2. The van der Waals surface area contributed by atoms with Crippen molar-refractivity contribution in [3.8, 4) is 5.75 Å². The Morgan fingerprint density at radius 3 is 2.83 bits per heavy atom. The van der Waals surface area contributed by atoms with Crippen LogP contribution in [0.4, 0.5) is 0 Å². The Morgan fingerprint density at radius 1 is 1.22 bits per heavy atom. The third-order valence-electron chi connectivity index (χ3n) is 4.19. The summed E-state index contributed by atoms with van der Waals surface area (Å²) in [5, 5.41) is 2.97. The number of fused-ring (bicyclic) bond motifs is 1. The summed E-state index contributed by atoms with van der Waals surface area (Å²) in [4.78, 5) is 12.1. The summed E-state index contributed by atoms with van der Waals surface area (Å²) >= 11 is 3.51. The first-order chi connectivity index (χ1) is 11.1. The van der Waals surface area contributed by atoms with Gasteiger partial charge in [-0.05, 0) is 61.1 Å². The number of carbonyl (C=O) groups is 1. The van der Waals surface area contributed by atoms with Crippen LogP contribution < -0.4 is 10.1 Å². The third kappa shape index (κ3) is 3.94. The van der Waals surface area contributed by atoms with Crippen LogP contribution in [0.15, 0.2) is 46.9 Å². The molecule has 0 aliphatic heterocycles. The number of nitrogens with one attached hydrogen (secondary N) is 1. The molecule has 0 aromatic heterocycles. The van der Waals surface area contributed by atoms with Gasteiger partial charge in [0.1, 0.15) is 5.75 Å². The second kappa shape index (κ2) is 7.18. The number of ether oxygens (including phenoxy) is 1. The molecule has 3 nitrogen and oxygen atoms in total. The largest absolute Gasteiger partial charge is 0.484 e. The summed E-state index contributed by atoms with van der Waals surface area (Å²) in [7, 11) is 0. The van der Waals surface area contributed by atoms with Gasteiger partial charge in [-0.1, -0.05) is 40.2 Å². The predicted octanol–water partition coefficient (Wildman–Crippen LogP) is 4.19. The molecule has 0 saturated heterocycles. The lowest BCUT2D eigenvalue weighted by Crippen LogP contribution is -2.31. The average molecular weight is 374 g/mol. The molecule has 4 heteroatoms. The Morgan fingerprint density at radius 2 is 2.00 bits per heavy atom. The molecular weight excluding hydrogens is 354 g/mol. The molecule has 1 amide bonds. The van der Waals surface area contributed by atoms with Gasteiger partial charge in [0.25, 0.3) is 5.91 Å². The Bertz CT molecular complexity index is 714. The number of hydrogen-bond donors (Lipinski definition) is 1. The highest BCUT2D eigenvalue weighted by Crippen LogP contribution is 2.26. The van der Waals surface area contributed by atoms with Gasteiger partial charge in [0.05, 0.1) is 6.04 Å². The number of rotatable bonds is 5. The van der Waals surface area contributed by atoms with Crippen molar-refractivity contribution in [1.82, 2.24) is 5.32 Å². The highest BCUT2D eigenvalue weighted by Gasteiger charge is 2.14. The fourth-order valence-corrected chi connectivity index (χ4v) is 3.60. The maximum absolute atomic E-state index is 12.1. The van der Waals surface area contributed by atoms with Crippen LogP contribution in [0, 0.1) is 0 Å². The lowest BCUT2D eigenvalue weighted by Gasteiger charge is -2.16. The molecular formula is C19H20BrNO2. The lowest BCUT2D eigenvalue weighted by molar-refractivity contribution is -0.123. The quantitative estimate of drug-likeness (QED) is 0.852. The summed E-state index contributed by atoms with van der Waals surface area (Å²) in [5.41, 5.74) is 3.81. The van der Waals surface area contributed by atoms with E-state index in [4.69, 9.17) is 4.74 Å². The van der Waals surface area contributed by atoms with Crippen LogP contribution in [-0.2, 0) is 17.6 Å². The minimum atomic E-state index is -0.117. The van der Waals surface area contributed by atoms with Gasteiger partial charge < -0.3 is 10.1 Å². The van der Waals surface area contributed by atoms with E-state index in [9.17, 15) is 4.79 Å². The molecule has 0 bridgehead atoms. The molecule has 1 atom stereocenters. The van der Waals surface area contributed by atoms with Crippen LogP contribution in [0.1, 0.15) is 36.1 Å². The molecule has 3 rings (SSSR count).